The minimum Gasteiger partial charge on any atom is -0.328 e. The minimum atomic E-state index is 0.531. The van der Waals surface area contributed by atoms with Gasteiger partial charge in [-0.2, -0.15) is 0 Å². The average Bonchev–Trinajstić information content (AvgIpc) is 2.33. The van der Waals surface area contributed by atoms with Crippen molar-refractivity contribution in [2.75, 3.05) is 0 Å². The highest BCUT2D eigenvalue weighted by atomic mass is 15.4. The Hall–Kier alpha value is -0.0800. The van der Waals surface area contributed by atoms with Crippen LogP contribution in [0.4, 0.5) is 0 Å². The Morgan fingerprint density at radius 2 is 1.89 bits per heavy atom. The van der Waals surface area contributed by atoms with Gasteiger partial charge in [0, 0.05) is 24.2 Å². The van der Waals surface area contributed by atoms with Crippen LogP contribution < -0.4 is 5.73 Å². The van der Waals surface area contributed by atoms with E-state index in [9.17, 15) is 0 Å². The predicted octanol–water partition coefficient (Wildman–Crippen LogP) is -0.0674. The fraction of sp³-hybridized carbons (Fsp3) is 1.00. The molecule has 3 saturated heterocycles. The lowest BCUT2D eigenvalue weighted by atomic mass is 9.99. The molecule has 2 nitrogen and oxygen atoms in total. The molecule has 3 rings (SSSR count). The van der Waals surface area contributed by atoms with Crippen LogP contribution in [0.5, 0.6) is 0 Å². The van der Waals surface area contributed by atoms with Gasteiger partial charge in [-0.15, -0.1) is 0 Å². The van der Waals surface area contributed by atoms with E-state index in [4.69, 9.17) is 5.73 Å². The maximum absolute atomic E-state index is 5.84. The first-order chi connectivity index (χ1) is 4.36. The summed E-state index contributed by atoms with van der Waals surface area (Å²) in [6.45, 7) is 0. The van der Waals surface area contributed by atoms with Crippen molar-refractivity contribution in [2.45, 2.75) is 43.4 Å². The Kier molecular flexibility index (Phi) is 0.616. The second kappa shape index (κ2) is 1.18. The van der Waals surface area contributed by atoms with E-state index >= 15 is 0 Å². The minimum absolute atomic E-state index is 0.531. The summed E-state index contributed by atoms with van der Waals surface area (Å²) in [7, 11) is 0. The van der Waals surface area contributed by atoms with Gasteiger partial charge in [0.1, 0.15) is 0 Å². The first-order valence-electron chi connectivity index (χ1n) is 3.89. The smallest absolute Gasteiger partial charge is 0.0273 e. The SMILES string of the molecule is NC1CC2CC3C(C1)N23. The summed E-state index contributed by atoms with van der Waals surface area (Å²) in [6, 6.07) is 3.36. The number of rotatable bonds is 0. The molecule has 0 spiro atoms. The summed E-state index contributed by atoms with van der Waals surface area (Å²) in [5.41, 5.74) is 5.84. The number of piperidine rings is 1. The third kappa shape index (κ3) is 0.413. The molecular weight excluding hydrogens is 112 g/mol. The average molecular weight is 124 g/mol. The van der Waals surface area contributed by atoms with Gasteiger partial charge in [-0.25, -0.2) is 0 Å². The second-order valence-electron chi connectivity index (χ2n) is 3.70. The zero-order valence-corrected chi connectivity index (χ0v) is 5.46. The van der Waals surface area contributed by atoms with E-state index < -0.39 is 0 Å². The zero-order chi connectivity index (χ0) is 6.01. The van der Waals surface area contributed by atoms with Crippen LogP contribution in [-0.4, -0.2) is 29.1 Å². The third-order valence-corrected chi connectivity index (χ3v) is 3.17. The molecule has 0 aromatic carbocycles. The molecule has 3 aliphatic heterocycles. The standard InChI is InChI=1S/C7H12N2/c8-4-1-5-3-7-6(2-4)9(5)7/h4-7H,1-3,8H2. The normalized spacial score (nSPS) is 68.3. The molecule has 50 valence electrons. The van der Waals surface area contributed by atoms with E-state index in [1.54, 1.807) is 0 Å². The van der Waals surface area contributed by atoms with Crippen LogP contribution in [0.3, 0.4) is 0 Å². The summed E-state index contributed by atoms with van der Waals surface area (Å²) >= 11 is 0. The van der Waals surface area contributed by atoms with Gasteiger partial charge in [-0.1, -0.05) is 0 Å². The molecule has 0 radical (unpaired) electrons. The molecule has 3 aliphatic rings. The Morgan fingerprint density at radius 3 is 2.67 bits per heavy atom. The number of nitrogens with zero attached hydrogens (tertiary/aromatic N) is 1. The zero-order valence-electron chi connectivity index (χ0n) is 5.46. The van der Waals surface area contributed by atoms with Gasteiger partial charge >= 0.3 is 0 Å². The molecule has 0 bridgehead atoms. The highest BCUT2D eigenvalue weighted by Crippen LogP contribution is 2.52. The summed E-state index contributed by atoms with van der Waals surface area (Å²) in [6.07, 6.45) is 4.01. The quantitative estimate of drug-likeness (QED) is 0.458. The molecule has 0 aliphatic carbocycles. The highest BCUT2D eigenvalue weighted by Gasteiger charge is 2.62. The largest absolute Gasteiger partial charge is 0.328 e. The second-order valence-corrected chi connectivity index (χ2v) is 3.70. The van der Waals surface area contributed by atoms with Crippen molar-refractivity contribution < 1.29 is 0 Å². The fourth-order valence-electron chi connectivity index (χ4n) is 2.69. The first-order valence-corrected chi connectivity index (χ1v) is 3.89. The summed E-state index contributed by atoms with van der Waals surface area (Å²) < 4.78 is 0. The molecule has 5 atom stereocenters. The van der Waals surface area contributed by atoms with Crippen molar-refractivity contribution in [1.82, 2.24) is 4.90 Å². The molecular formula is C7H12N2. The lowest BCUT2D eigenvalue weighted by Crippen LogP contribution is -2.40. The van der Waals surface area contributed by atoms with Gasteiger partial charge in [-0.05, 0) is 19.3 Å². The van der Waals surface area contributed by atoms with E-state index in [1.807, 2.05) is 0 Å². The van der Waals surface area contributed by atoms with Crippen molar-refractivity contribution in [3.05, 3.63) is 0 Å². The van der Waals surface area contributed by atoms with Crippen molar-refractivity contribution in [3.63, 3.8) is 0 Å². The van der Waals surface area contributed by atoms with Crippen LogP contribution in [-0.2, 0) is 0 Å². The molecule has 3 fully saturated rings. The van der Waals surface area contributed by atoms with Crippen molar-refractivity contribution in [2.24, 2.45) is 5.73 Å². The van der Waals surface area contributed by atoms with E-state index in [0.29, 0.717) is 6.04 Å². The first kappa shape index (κ1) is 4.69. The van der Waals surface area contributed by atoms with E-state index in [0.717, 1.165) is 18.1 Å². The van der Waals surface area contributed by atoms with Crippen LogP contribution in [0.2, 0.25) is 0 Å². The van der Waals surface area contributed by atoms with Gasteiger partial charge in [0.05, 0.1) is 0 Å². The summed E-state index contributed by atoms with van der Waals surface area (Å²) in [4.78, 5) is 2.63. The third-order valence-electron chi connectivity index (χ3n) is 3.17. The lowest BCUT2D eigenvalue weighted by molar-refractivity contribution is 0.192. The van der Waals surface area contributed by atoms with Gasteiger partial charge < -0.3 is 5.73 Å². The fourth-order valence-corrected chi connectivity index (χ4v) is 2.69. The van der Waals surface area contributed by atoms with Crippen molar-refractivity contribution >= 4 is 0 Å². The van der Waals surface area contributed by atoms with Crippen LogP contribution in [0.15, 0.2) is 0 Å². The van der Waals surface area contributed by atoms with E-state index in [-0.39, 0.29) is 0 Å². The molecule has 3 heterocycles. The summed E-state index contributed by atoms with van der Waals surface area (Å²) in [5.74, 6) is 0. The predicted molar refractivity (Wildman–Crippen MR) is 35.0 cm³/mol. The van der Waals surface area contributed by atoms with Crippen LogP contribution in [0, 0.1) is 0 Å². The molecule has 0 amide bonds. The molecule has 0 aromatic heterocycles. The Morgan fingerprint density at radius 1 is 1.11 bits per heavy atom. The molecule has 9 heavy (non-hydrogen) atoms. The monoisotopic (exact) mass is 124 g/mol. The molecule has 2 N–H and O–H groups in total. The Bertz CT molecular complexity index is 149. The van der Waals surface area contributed by atoms with Crippen molar-refractivity contribution in [1.29, 1.82) is 0 Å². The van der Waals surface area contributed by atoms with E-state index in [2.05, 4.69) is 4.90 Å². The van der Waals surface area contributed by atoms with Crippen LogP contribution >= 0.6 is 0 Å². The molecule has 0 saturated carbocycles. The number of hydrogen-bond acceptors (Lipinski definition) is 2. The Balaban J connectivity index is 1.86. The lowest BCUT2D eigenvalue weighted by Gasteiger charge is -2.31. The maximum Gasteiger partial charge on any atom is 0.0273 e. The van der Waals surface area contributed by atoms with Gasteiger partial charge in [0.2, 0.25) is 0 Å². The molecule has 2 heteroatoms. The molecule has 0 aromatic rings. The van der Waals surface area contributed by atoms with Crippen LogP contribution in [0.25, 0.3) is 0 Å². The molecule has 5 unspecified atom stereocenters. The van der Waals surface area contributed by atoms with E-state index in [1.165, 1.54) is 19.3 Å². The summed E-state index contributed by atoms with van der Waals surface area (Å²) in [5, 5.41) is 0. The van der Waals surface area contributed by atoms with Crippen LogP contribution in [0.1, 0.15) is 19.3 Å². The maximum atomic E-state index is 5.84. The Labute approximate surface area is 55.0 Å². The van der Waals surface area contributed by atoms with Gasteiger partial charge in [0.25, 0.3) is 0 Å². The topological polar surface area (TPSA) is 29.0 Å². The number of hydrogen-bond donors (Lipinski definition) is 1. The van der Waals surface area contributed by atoms with Gasteiger partial charge in [0.15, 0.2) is 0 Å². The number of nitrogens with two attached hydrogens (primary N) is 1. The highest BCUT2D eigenvalue weighted by molar-refractivity contribution is 5.19. The van der Waals surface area contributed by atoms with Crippen molar-refractivity contribution in [3.8, 4) is 0 Å². The number of fused-ring (bicyclic) bond motifs is 1. The van der Waals surface area contributed by atoms with Gasteiger partial charge in [-0.3, -0.25) is 4.90 Å².